The van der Waals surface area contributed by atoms with Gasteiger partial charge in [-0.3, -0.25) is 19.2 Å². The Morgan fingerprint density at radius 2 is 1.57 bits per heavy atom. The smallest absolute Gasteiger partial charge is 0.309 e. The fourth-order valence-corrected chi connectivity index (χ4v) is 6.54. The molecule has 3 atom stereocenters. The van der Waals surface area contributed by atoms with Crippen LogP contribution in [0.2, 0.25) is 0 Å². The minimum atomic E-state index is -0.781. The van der Waals surface area contributed by atoms with Gasteiger partial charge in [-0.25, -0.2) is 0 Å². The number of hydrogen-bond acceptors (Lipinski definition) is 9. The fourth-order valence-electron chi connectivity index (χ4n) is 6.54. The van der Waals surface area contributed by atoms with Crippen LogP contribution in [0.25, 0.3) is 0 Å². The number of ketones is 1. The molecular formula is C36H48N2O9. The number of benzene rings is 2. The molecule has 0 aliphatic carbocycles. The molecule has 2 unspecified atom stereocenters. The van der Waals surface area contributed by atoms with Gasteiger partial charge in [0.1, 0.15) is 18.8 Å². The first-order valence-corrected chi connectivity index (χ1v) is 16.5. The van der Waals surface area contributed by atoms with Crippen molar-refractivity contribution in [2.24, 2.45) is 5.92 Å². The number of amides is 2. The summed E-state index contributed by atoms with van der Waals surface area (Å²) in [5.41, 5.74) is 1.04. The Bertz CT molecular complexity index is 1350. The monoisotopic (exact) mass is 652 g/mol. The van der Waals surface area contributed by atoms with Gasteiger partial charge in [0.2, 0.25) is 11.7 Å². The Morgan fingerprint density at radius 1 is 0.915 bits per heavy atom. The van der Waals surface area contributed by atoms with Crippen LogP contribution in [0.5, 0.6) is 17.2 Å². The van der Waals surface area contributed by atoms with Gasteiger partial charge in [-0.1, -0.05) is 57.0 Å². The van der Waals surface area contributed by atoms with E-state index in [-0.39, 0.29) is 60.6 Å². The van der Waals surface area contributed by atoms with Crippen molar-refractivity contribution in [1.29, 1.82) is 0 Å². The number of esters is 1. The molecule has 0 saturated carbocycles. The maximum absolute atomic E-state index is 13.9. The molecule has 2 saturated heterocycles. The molecule has 4 rings (SSSR count). The summed E-state index contributed by atoms with van der Waals surface area (Å²) < 4.78 is 28.1. The number of ether oxygens (including phenoxy) is 5. The molecule has 2 aliphatic rings. The molecule has 2 amide bonds. The second kappa shape index (κ2) is 17.2. The molecule has 2 aromatic rings. The van der Waals surface area contributed by atoms with Crippen molar-refractivity contribution >= 4 is 23.6 Å². The van der Waals surface area contributed by atoms with E-state index in [0.29, 0.717) is 25.2 Å². The van der Waals surface area contributed by atoms with E-state index in [4.69, 9.17) is 23.7 Å². The molecule has 0 N–H and O–H groups in total. The van der Waals surface area contributed by atoms with Crippen LogP contribution in [0.4, 0.5) is 0 Å². The SMILES string of the molecule is CCCC(CCC)C(=O)OC[C@H](CN1CC2CCCC(C1=O)N2C(=O)C(=O)c1cc(OC)c(OC)c(OC)c1)OCc1ccccc1. The van der Waals surface area contributed by atoms with E-state index in [1.54, 1.807) is 4.90 Å². The largest absolute Gasteiger partial charge is 0.493 e. The summed E-state index contributed by atoms with van der Waals surface area (Å²) in [6.45, 7) is 4.84. The zero-order valence-electron chi connectivity index (χ0n) is 28.2. The van der Waals surface area contributed by atoms with Crippen LogP contribution >= 0.6 is 0 Å². The van der Waals surface area contributed by atoms with Crippen molar-refractivity contribution < 1.29 is 42.9 Å². The van der Waals surface area contributed by atoms with Gasteiger partial charge in [0.15, 0.2) is 11.5 Å². The minimum absolute atomic E-state index is 0.0109. The molecule has 0 aromatic heterocycles. The molecule has 11 heteroatoms. The van der Waals surface area contributed by atoms with E-state index in [1.165, 1.54) is 38.4 Å². The van der Waals surface area contributed by atoms with Crippen LogP contribution in [0.15, 0.2) is 42.5 Å². The molecule has 256 valence electrons. The summed E-state index contributed by atoms with van der Waals surface area (Å²) in [5, 5.41) is 0. The van der Waals surface area contributed by atoms with Gasteiger partial charge < -0.3 is 33.5 Å². The molecule has 2 bridgehead atoms. The third-order valence-electron chi connectivity index (χ3n) is 8.90. The number of rotatable bonds is 17. The van der Waals surface area contributed by atoms with Crippen LogP contribution < -0.4 is 14.2 Å². The number of nitrogens with zero attached hydrogens (tertiary/aromatic N) is 2. The summed E-state index contributed by atoms with van der Waals surface area (Å²) >= 11 is 0. The van der Waals surface area contributed by atoms with Crippen LogP contribution in [-0.4, -0.2) is 92.6 Å². The Kier molecular flexibility index (Phi) is 13.0. The van der Waals surface area contributed by atoms with Gasteiger partial charge >= 0.3 is 5.97 Å². The number of likely N-dealkylation sites (tertiary alicyclic amines) is 1. The van der Waals surface area contributed by atoms with E-state index in [9.17, 15) is 19.2 Å². The van der Waals surface area contributed by atoms with Crippen molar-refractivity contribution in [3.05, 3.63) is 53.6 Å². The van der Waals surface area contributed by atoms with Gasteiger partial charge in [0, 0.05) is 12.1 Å². The predicted molar refractivity (Wildman–Crippen MR) is 175 cm³/mol. The molecule has 2 fully saturated rings. The highest BCUT2D eigenvalue weighted by atomic mass is 16.6. The topological polar surface area (TPSA) is 121 Å². The Hall–Kier alpha value is -4.12. The highest BCUT2D eigenvalue weighted by molar-refractivity contribution is 6.43. The van der Waals surface area contributed by atoms with Crippen LogP contribution in [0.3, 0.4) is 0 Å². The Labute approximate surface area is 277 Å². The van der Waals surface area contributed by atoms with Gasteiger partial charge in [-0.2, -0.15) is 0 Å². The summed E-state index contributed by atoms with van der Waals surface area (Å²) in [5.74, 6) is -1.35. The van der Waals surface area contributed by atoms with Crippen molar-refractivity contribution in [2.75, 3.05) is 41.0 Å². The van der Waals surface area contributed by atoms with Crippen molar-refractivity contribution in [2.45, 2.75) is 83.6 Å². The van der Waals surface area contributed by atoms with E-state index in [2.05, 4.69) is 0 Å². The Balaban J connectivity index is 1.50. The maximum atomic E-state index is 13.9. The number of hydrogen-bond donors (Lipinski definition) is 0. The van der Waals surface area contributed by atoms with Gasteiger partial charge in [0.05, 0.1) is 46.4 Å². The maximum Gasteiger partial charge on any atom is 0.309 e. The summed E-state index contributed by atoms with van der Waals surface area (Å²) in [4.78, 5) is 57.4. The number of piperazine rings is 1. The van der Waals surface area contributed by atoms with Crippen molar-refractivity contribution in [1.82, 2.24) is 9.80 Å². The highest BCUT2D eigenvalue weighted by Crippen LogP contribution is 2.39. The Morgan fingerprint density at radius 3 is 2.17 bits per heavy atom. The summed E-state index contributed by atoms with van der Waals surface area (Å²) in [7, 11) is 4.32. The summed E-state index contributed by atoms with van der Waals surface area (Å²) in [6, 6.07) is 11.4. The van der Waals surface area contributed by atoms with Crippen molar-refractivity contribution in [3.63, 3.8) is 0 Å². The third-order valence-corrected chi connectivity index (χ3v) is 8.90. The normalized spacial score (nSPS) is 18.1. The standard InChI is InChI=1S/C36H48N2O9/c1-6-12-25(13-7-2)36(42)47-23-28(46-22-24-14-9-8-10-15-24)21-37-20-27-16-11-17-29(34(37)40)38(27)35(41)32(39)26-18-30(43-3)33(45-5)31(19-26)44-4/h8-10,14-15,18-19,25,27-29H,6-7,11-13,16-17,20-23H2,1-5H3/t27?,28-,29?/m0/s1. The van der Waals surface area contributed by atoms with Crippen LogP contribution in [0.1, 0.15) is 74.7 Å². The first-order chi connectivity index (χ1) is 22.8. The van der Waals surface area contributed by atoms with Gasteiger partial charge in [0.25, 0.3) is 11.7 Å². The van der Waals surface area contributed by atoms with Gasteiger partial charge in [-0.15, -0.1) is 0 Å². The minimum Gasteiger partial charge on any atom is -0.493 e. The van der Waals surface area contributed by atoms with Crippen LogP contribution in [0, 0.1) is 5.92 Å². The van der Waals surface area contributed by atoms with Crippen LogP contribution in [-0.2, 0) is 30.5 Å². The number of Topliss-reactive ketones (excluding diaryl/α,β-unsaturated/α-hetero) is 1. The van der Waals surface area contributed by atoms with E-state index < -0.39 is 23.8 Å². The van der Waals surface area contributed by atoms with E-state index in [1.807, 2.05) is 44.2 Å². The number of carbonyl (C=O) groups is 4. The number of methoxy groups -OCH3 is 3. The molecule has 47 heavy (non-hydrogen) atoms. The third kappa shape index (κ3) is 8.62. The number of piperidine rings is 1. The average Bonchev–Trinajstić information content (AvgIpc) is 3.10. The lowest BCUT2D eigenvalue weighted by atomic mass is 9.89. The fraction of sp³-hybridized carbons (Fsp3) is 0.556. The van der Waals surface area contributed by atoms with E-state index in [0.717, 1.165) is 37.7 Å². The first-order valence-electron chi connectivity index (χ1n) is 16.5. The van der Waals surface area contributed by atoms with Gasteiger partial charge in [-0.05, 0) is 49.8 Å². The lowest BCUT2D eigenvalue weighted by molar-refractivity contribution is -0.162. The number of fused-ring (bicyclic) bond motifs is 2. The lowest BCUT2D eigenvalue weighted by Crippen LogP contribution is -2.67. The molecular weight excluding hydrogens is 604 g/mol. The average molecular weight is 653 g/mol. The first kappa shape index (κ1) is 35.7. The van der Waals surface area contributed by atoms with E-state index >= 15 is 0 Å². The molecule has 0 radical (unpaired) electrons. The molecule has 2 aliphatic heterocycles. The quantitative estimate of drug-likeness (QED) is 0.134. The summed E-state index contributed by atoms with van der Waals surface area (Å²) in [6.07, 6.45) is 4.57. The second-order valence-electron chi connectivity index (χ2n) is 12.1. The zero-order chi connectivity index (χ0) is 33.9. The second-order valence-corrected chi connectivity index (χ2v) is 12.1. The molecule has 0 spiro atoms. The zero-order valence-corrected chi connectivity index (χ0v) is 28.2. The lowest BCUT2D eigenvalue weighted by Gasteiger charge is -2.49. The molecule has 2 aromatic carbocycles. The number of carbonyl (C=O) groups excluding carboxylic acids is 4. The molecule has 2 heterocycles. The molecule has 11 nitrogen and oxygen atoms in total. The van der Waals surface area contributed by atoms with Crippen molar-refractivity contribution in [3.8, 4) is 17.2 Å². The highest BCUT2D eigenvalue weighted by Gasteiger charge is 2.47. The predicted octanol–water partition coefficient (Wildman–Crippen LogP) is 4.83.